The van der Waals surface area contributed by atoms with Gasteiger partial charge in [-0.15, -0.1) is 0 Å². The van der Waals surface area contributed by atoms with Gasteiger partial charge in [0.15, 0.2) is 0 Å². The van der Waals surface area contributed by atoms with Crippen LogP contribution in [0.15, 0.2) is 41.2 Å². The summed E-state index contributed by atoms with van der Waals surface area (Å²) in [6, 6.07) is 11.2. The zero-order valence-corrected chi connectivity index (χ0v) is 13.9. The number of nitrogens with one attached hydrogen (secondary N) is 1. The van der Waals surface area contributed by atoms with Crippen molar-refractivity contribution in [2.75, 3.05) is 7.11 Å². The van der Waals surface area contributed by atoms with E-state index >= 15 is 0 Å². The minimum Gasteiger partial charge on any atom is -0.456 e. The van der Waals surface area contributed by atoms with Crippen molar-refractivity contribution in [2.24, 2.45) is 0 Å². The fourth-order valence-electron chi connectivity index (χ4n) is 3.19. The van der Waals surface area contributed by atoms with Gasteiger partial charge in [0.25, 0.3) is 5.56 Å². The molecule has 1 aromatic carbocycles. The first kappa shape index (κ1) is 16.5. The zero-order valence-electron chi connectivity index (χ0n) is 13.9. The fourth-order valence-corrected chi connectivity index (χ4v) is 3.19. The molecule has 1 aliphatic carbocycles. The Kier molecular flexibility index (Phi) is 4.81. The predicted molar refractivity (Wildman–Crippen MR) is 91.1 cm³/mol. The first-order valence-corrected chi connectivity index (χ1v) is 8.13. The summed E-state index contributed by atoms with van der Waals surface area (Å²) in [4.78, 5) is 27.4. The number of ether oxygens (including phenoxy) is 2. The quantitative estimate of drug-likeness (QED) is 0.876. The number of aryl methyl sites for hydroxylation is 1. The number of pyridine rings is 1. The molecule has 3 rings (SSSR count). The lowest BCUT2D eigenvalue weighted by Crippen LogP contribution is -2.30. The van der Waals surface area contributed by atoms with Crippen LogP contribution in [0.25, 0.3) is 11.1 Å². The van der Waals surface area contributed by atoms with Crippen molar-refractivity contribution in [3.63, 3.8) is 0 Å². The second-order valence-electron chi connectivity index (χ2n) is 6.07. The average Bonchev–Trinajstić information content (AvgIpc) is 3.02. The second-order valence-corrected chi connectivity index (χ2v) is 6.07. The summed E-state index contributed by atoms with van der Waals surface area (Å²) in [5.74, 6) is -0.595. The number of carbonyl (C=O) groups excluding carboxylic acids is 1. The minimum atomic E-state index is -0.595. The maximum absolute atomic E-state index is 12.5. The number of esters is 1. The molecule has 5 nitrogen and oxygen atoms in total. The van der Waals surface area contributed by atoms with E-state index in [1.54, 1.807) is 13.2 Å². The molecule has 126 valence electrons. The summed E-state index contributed by atoms with van der Waals surface area (Å²) in [5, 5.41) is 0. The van der Waals surface area contributed by atoms with E-state index in [0.717, 1.165) is 36.1 Å². The molecule has 1 fully saturated rings. The van der Waals surface area contributed by atoms with Gasteiger partial charge in [-0.25, -0.2) is 4.79 Å². The highest BCUT2D eigenvalue weighted by atomic mass is 16.6. The summed E-state index contributed by atoms with van der Waals surface area (Å²) in [6.45, 7) is 1.82. The Bertz CT molecular complexity index is 782. The van der Waals surface area contributed by atoms with Crippen molar-refractivity contribution in [1.29, 1.82) is 0 Å². The van der Waals surface area contributed by atoms with Gasteiger partial charge in [-0.1, -0.05) is 30.3 Å². The van der Waals surface area contributed by atoms with Crippen molar-refractivity contribution in [2.45, 2.75) is 38.4 Å². The lowest BCUT2D eigenvalue weighted by Gasteiger charge is -2.18. The second kappa shape index (κ2) is 7.01. The van der Waals surface area contributed by atoms with Crippen LogP contribution >= 0.6 is 0 Å². The van der Waals surface area contributed by atoms with Crippen LogP contribution in [-0.4, -0.2) is 30.3 Å². The van der Waals surface area contributed by atoms with E-state index in [0.29, 0.717) is 0 Å². The lowest BCUT2D eigenvalue weighted by molar-refractivity contribution is -0.0208. The third-order valence-electron chi connectivity index (χ3n) is 4.50. The molecule has 0 bridgehead atoms. The molecule has 2 aromatic rings. The highest BCUT2D eigenvalue weighted by Crippen LogP contribution is 2.26. The zero-order chi connectivity index (χ0) is 17.1. The van der Waals surface area contributed by atoms with Crippen molar-refractivity contribution in [1.82, 2.24) is 4.98 Å². The molecule has 1 heterocycles. The third kappa shape index (κ3) is 3.26. The third-order valence-corrected chi connectivity index (χ3v) is 4.50. The molecule has 2 atom stereocenters. The van der Waals surface area contributed by atoms with Crippen LogP contribution in [0.5, 0.6) is 0 Å². The molecule has 2 unspecified atom stereocenters. The van der Waals surface area contributed by atoms with Crippen molar-refractivity contribution < 1.29 is 14.3 Å². The van der Waals surface area contributed by atoms with Crippen LogP contribution < -0.4 is 5.56 Å². The van der Waals surface area contributed by atoms with E-state index in [9.17, 15) is 9.59 Å². The lowest BCUT2D eigenvalue weighted by atomic mass is 10.0. The molecule has 1 aromatic heterocycles. The molecule has 0 spiro atoms. The fraction of sp³-hybridized carbons (Fsp3) is 0.368. The standard InChI is InChI=1S/C19H21NO4/c1-12-14(13-7-4-3-5-8-13)11-15(18(21)20-12)19(22)24-17-10-6-9-16(17)23-2/h3-5,7-8,11,16-17H,6,9-10H2,1-2H3,(H,20,21). The molecule has 1 aliphatic rings. The molecular weight excluding hydrogens is 306 g/mol. The van der Waals surface area contributed by atoms with Gasteiger partial charge in [0, 0.05) is 18.4 Å². The number of methoxy groups -OCH3 is 1. The van der Waals surface area contributed by atoms with Gasteiger partial charge in [0.1, 0.15) is 11.7 Å². The van der Waals surface area contributed by atoms with E-state index in [1.807, 2.05) is 37.3 Å². The monoisotopic (exact) mass is 327 g/mol. The Balaban J connectivity index is 1.90. The normalized spacial score (nSPS) is 20.1. The maximum atomic E-state index is 12.5. The number of carbonyl (C=O) groups is 1. The Morgan fingerprint density at radius 1 is 1.17 bits per heavy atom. The van der Waals surface area contributed by atoms with Crippen molar-refractivity contribution in [3.8, 4) is 11.1 Å². The smallest absolute Gasteiger partial charge is 0.344 e. The van der Waals surface area contributed by atoms with Crippen LogP contribution in [-0.2, 0) is 9.47 Å². The Hall–Kier alpha value is -2.40. The molecule has 0 radical (unpaired) electrons. The molecule has 0 aliphatic heterocycles. The van der Waals surface area contributed by atoms with Gasteiger partial charge in [-0.05, 0) is 37.8 Å². The van der Waals surface area contributed by atoms with Gasteiger partial charge in [0.2, 0.25) is 0 Å². The minimum absolute atomic E-state index is 0.0289. The molecule has 1 saturated carbocycles. The Morgan fingerprint density at radius 3 is 2.58 bits per heavy atom. The van der Waals surface area contributed by atoms with E-state index in [4.69, 9.17) is 9.47 Å². The summed E-state index contributed by atoms with van der Waals surface area (Å²) in [6.07, 6.45) is 2.21. The van der Waals surface area contributed by atoms with E-state index < -0.39 is 11.5 Å². The van der Waals surface area contributed by atoms with Gasteiger partial charge < -0.3 is 14.5 Å². The van der Waals surface area contributed by atoms with E-state index in [1.165, 1.54) is 0 Å². The largest absolute Gasteiger partial charge is 0.456 e. The van der Waals surface area contributed by atoms with E-state index in [2.05, 4.69) is 4.98 Å². The van der Waals surface area contributed by atoms with Gasteiger partial charge >= 0.3 is 5.97 Å². The number of benzene rings is 1. The molecule has 0 amide bonds. The molecular formula is C19H21NO4. The molecule has 24 heavy (non-hydrogen) atoms. The number of aromatic nitrogens is 1. The van der Waals surface area contributed by atoms with Crippen molar-refractivity contribution >= 4 is 5.97 Å². The summed E-state index contributed by atoms with van der Waals surface area (Å²) >= 11 is 0. The topological polar surface area (TPSA) is 68.4 Å². The van der Waals surface area contributed by atoms with Gasteiger partial charge in [-0.2, -0.15) is 0 Å². The predicted octanol–water partition coefficient (Wildman–Crippen LogP) is 3.07. The van der Waals surface area contributed by atoms with Crippen LogP contribution in [0.2, 0.25) is 0 Å². The van der Waals surface area contributed by atoms with Crippen LogP contribution in [0.1, 0.15) is 35.3 Å². The van der Waals surface area contributed by atoms with Crippen LogP contribution in [0.3, 0.4) is 0 Å². The summed E-state index contributed by atoms with van der Waals surface area (Å²) in [5.41, 5.74) is 2.08. The summed E-state index contributed by atoms with van der Waals surface area (Å²) < 4.78 is 10.9. The highest BCUT2D eigenvalue weighted by molar-refractivity contribution is 5.91. The number of rotatable bonds is 4. The van der Waals surface area contributed by atoms with Gasteiger partial charge in [0.05, 0.1) is 6.10 Å². The number of aromatic amines is 1. The SMILES string of the molecule is COC1CCCC1OC(=O)c1cc(-c2ccccc2)c(C)[nH]c1=O. The van der Waals surface area contributed by atoms with Crippen LogP contribution in [0.4, 0.5) is 0 Å². The van der Waals surface area contributed by atoms with E-state index in [-0.39, 0.29) is 17.8 Å². The Labute approximate surface area is 140 Å². The Morgan fingerprint density at radius 2 is 1.88 bits per heavy atom. The first-order chi connectivity index (χ1) is 11.6. The van der Waals surface area contributed by atoms with Gasteiger partial charge in [-0.3, -0.25) is 4.79 Å². The summed E-state index contributed by atoms with van der Waals surface area (Å²) in [7, 11) is 1.61. The highest BCUT2D eigenvalue weighted by Gasteiger charge is 2.31. The number of hydrogen-bond donors (Lipinski definition) is 1. The number of H-pyrrole nitrogens is 1. The molecule has 1 N–H and O–H groups in total. The van der Waals surface area contributed by atoms with Crippen molar-refractivity contribution in [3.05, 3.63) is 58.0 Å². The molecule has 5 heteroatoms. The first-order valence-electron chi connectivity index (χ1n) is 8.13. The maximum Gasteiger partial charge on any atom is 0.344 e. The molecule has 0 saturated heterocycles. The average molecular weight is 327 g/mol. The number of hydrogen-bond acceptors (Lipinski definition) is 4. The van der Waals surface area contributed by atoms with Crippen LogP contribution in [0, 0.1) is 6.92 Å².